The van der Waals surface area contributed by atoms with Crippen LogP contribution in [0.25, 0.3) is 0 Å². The first-order valence-electron chi connectivity index (χ1n) is 8.15. The zero-order valence-electron chi connectivity index (χ0n) is 12.7. The summed E-state index contributed by atoms with van der Waals surface area (Å²) in [6.45, 7) is 3.70. The quantitative estimate of drug-likeness (QED) is 0.909. The number of fused-ring (bicyclic) bond motifs is 1. The Labute approximate surface area is 122 Å². The summed E-state index contributed by atoms with van der Waals surface area (Å²) in [6.07, 6.45) is 8.62. The number of rotatable bonds is 4. The highest BCUT2D eigenvalue weighted by atomic mass is 16.5. The van der Waals surface area contributed by atoms with Crippen molar-refractivity contribution in [3.8, 4) is 0 Å². The maximum Gasteiger partial charge on any atom is 0.0811 e. The van der Waals surface area contributed by atoms with Crippen LogP contribution in [-0.4, -0.2) is 12.1 Å². The molecule has 1 fully saturated rings. The molecule has 2 aliphatic rings. The zero-order chi connectivity index (χ0) is 14.0. The minimum Gasteiger partial charge on any atom is -0.369 e. The molecule has 0 saturated heterocycles. The van der Waals surface area contributed by atoms with E-state index in [4.69, 9.17) is 10.5 Å². The molecular formula is C18H27NO. The summed E-state index contributed by atoms with van der Waals surface area (Å²) in [7, 11) is 0. The Bertz CT molecular complexity index is 470. The van der Waals surface area contributed by atoms with Crippen LogP contribution in [0.5, 0.6) is 0 Å². The van der Waals surface area contributed by atoms with Crippen LogP contribution in [0.2, 0.25) is 0 Å². The molecule has 2 nitrogen and oxygen atoms in total. The fourth-order valence-electron chi connectivity index (χ4n) is 3.94. The second-order valence-corrected chi connectivity index (χ2v) is 6.83. The molecule has 1 aromatic carbocycles. The van der Waals surface area contributed by atoms with E-state index in [0.29, 0.717) is 6.54 Å². The van der Waals surface area contributed by atoms with E-state index in [-0.39, 0.29) is 5.60 Å². The van der Waals surface area contributed by atoms with Gasteiger partial charge < -0.3 is 10.5 Å². The maximum absolute atomic E-state index is 6.31. The largest absolute Gasteiger partial charge is 0.369 e. The fraction of sp³-hybridized carbons (Fsp3) is 0.667. The van der Waals surface area contributed by atoms with Crippen molar-refractivity contribution in [2.75, 3.05) is 6.54 Å². The Kier molecular flexibility index (Phi) is 4.13. The third-order valence-corrected chi connectivity index (χ3v) is 5.13. The van der Waals surface area contributed by atoms with Gasteiger partial charge in [-0.15, -0.1) is 0 Å². The molecular weight excluding hydrogens is 246 g/mol. The summed E-state index contributed by atoms with van der Waals surface area (Å²) < 4.78 is 6.31. The van der Waals surface area contributed by atoms with Gasteiger partial charge in [-0.1, -0.05) is 38.0 Å². The normalized spacial score (nSPS) is 29.4. The highest BCUT2D eigenvalue weighted by molar-refractivity contribution is 5.35. The van der Waals surface area contributed by atoms with Crippen LogP contribution in [-0.2, 0) is 24.2 Å². The van der Waals surface area contributed by atoms with Gasteiger partial charge in [0, 0.05) is 6.54 Å². The minimum absolute atomic E-state index is 0.0727. The number of aryl methyl sites for hydroxylation is 2. The molecule has 2 aliphatic carbocycles. The van der Waals surface area contributed by atoms with E-state index in [1.54, 1.807) is 0 Å². The van der Waals surface area contributed by atoms with Crippen molar-refractivity contribution in [1.82, 2.24) is 0 Å². The molecule has 2 heteroatoms. The van der Waals surface area contributed by atoms with Crippen LogP contribution in [0.15, 0.2) is 18.2 Å². The molecule has 0 aliphatic heterocycles. The summed E-state index contributed by atoms with van der Waals surface area (Å²) in [5.74, 6) is 0.743. The molecule has 0 heterocycles. The van der Waals surface area contributed by atoms with Crippen molar-refractivity contribution in [3.05, 3.63) is 34.9 Å². The van der Waals surface area contributed by atoms with E-state index in [1.165, 1.54) is 48.8 Å². The molecule has 0 radical (unpaired) electrons. The lowest BCUT2D eigenvalue weighted by Crippen LogP contribution is -2.44. The molecule has 1 aromatic rings. The topological polar surface area (TPSA) is 35.2 Å². The average molecular weight is 273 g/mol. The Balaban J connectivity index is 1.65. The predicted molar refractivity (Wildman–Crippen MR) is 82.7 cm³/mol. The molecule has 0 amide bonds. The highest BCUT2D eigenvalue weighted by Gasteiger charge is 2.34. The van der Waals surface area contributed by atoms with Gasteiger partial charge in [0.25, 0.3) is 0 Å². The second kappa shape index (κ2) is 5.87. The Morgan fingerprint density at radius 1 is 1.25 bits per heavy atom. The van der Waals surface area contributed by atoms with Crippen molar-refractivity contribution >= 4 is 0 Å². The van der Waals surface area contributed by atoms with Crippen molar-refractivity contribution in [2.24, 2.45) is 11.7 Å². The van der Waals surface area contributed by atoms with Crippen LogP contribution >= 0.6 is 0 Å². The standard InChI is InChI=1S/C18H27NO/c1-14-4-3-9-18(11-14,13-19)20-12-15-7-8-16-5-2-6-17(16)10-15/h7-8,10,14H,2-6,9,11-13,19H2,1H3. The lowest BCUT2D eigenvalue weighted by molar-refractivity contribution is -0.0840. The lowest BCUT2D eigenvalue weighted by atomic mass is 9.79. The van der Waals surface area contributed by atoms with Gasteiger partial charge in [-0.2, -0.15) is 0 Å². The van der Waals surface area contributed by atoms with Crippen LogP contribution < -0.4 is 5.73 Å². The van der Waals surface area contributed by atoms with E-state index >= 15 is 0 Å². The molecule has 0 spiro atoms. The van der Waals surface area contributed by atoms with Gasteiger partial charge >= 0.3 is 0 Å². The van der Waals surface area contributed by atoms with Gasteiger partial charge in [0.1, 0.15) is 0 Å². The van der Waals surface area contributed by atoms with E-state index in [2.05, 4.69) is 25.1 Å². The fourth-order valence-corrected chi connectivity index (χ4v) is 3.94. The van der Waals surface area contributed by atoms with Crippen LogP contribution in [0.4, 0.5) is 0 Å². The zero-order valence-corrected chi connectivity index (χ0v) is 12.7. The number of hydrogen-bond acceptors (Lipinski definition) is 2. The van der Waals surface area contributed by atoms with E-state index in [0.717, 1.165) is 25.4 Å². The molecule has 0 aromatic heterocycles. The third-order valence-electron chi connectivity index (χ3n) is 5.13. The number of hydrogen-bond donors (Lipinski definition) is 1. The molecule has 0 bridgehead atoms. The summed E-state index contributed by atoms with van der Waals surface area (Å²) in [4.78, 5) is 0. The molecule has 20 heavy (non-hydrogen) atoms. The first-order chi connectivity index (χ1) is 9.71. The van der Waals surface area contributed by atoms with Gasteiger partial charge in [-0.25, -0.2) is 0 Å². The molecule has 1 saturated carbocycles. The average Bonchev–Trinajstić information content (AvgIpc) is 2.93. The summed E-state index contributed by atoms with van der Waals surface area (Å²) in [5, 5.41) is 0. The van der Waals surface area contributed by atoms with E-state index < -0.39 is 0 Å². The van der Waals surface area contributed by atoms with Crippen molar-refractivity contribution < 1.29 is 4.74 Å². The molecule has 3 rings (SSSR count). The molecule has 110 valence electrons. The Morgan fingerprint density at radius 2 is 2.10 bits per heavy atom. The van der Waals surface area contributed by atoms with Gasteiger partial charge in [-0.3, -0.25) is 0 Å². The summed E-state index contributed by atoms with van der Waals surface area (Å²) in [5.41, 5.74) is 10.3. The number of benzene rings is 1. The minimum atomic E-state index is -0.0727. The maximum atomic E-state index is 6.31. The summed E-state index contributed by atoms with van der Waals surface area (Å²) in [6, 6.07) is 6.87. The number of ether oxygens (including phenoxy) is 1. The predicted octanol–water partition coefficient (Wildman–Crippen LogP) is 3.60. The SMILES string of the molecule is CC1CCCC(CN)(OCc2ccc3c(c2)CCC3)C1. The molecule has 2 unspecified atom stereocenters. The van der Waals surface area contributed by atoms with E-state index in [1.807, 2.05) is 0 Å². The Morgan fingerprint density at radius 3 is 2.90 bits per heavy atom. The monoisotopic (exact) mass is 273 g/mol. The second-order valence-electron chi connectivity index (χ2n) is 6.83. The van der Waals surface area contributed by atoms with Gasteiger partial charge in [-0.05, 0) is 54.7 Å². The van der Waals surface area contributed by atoms with Crippen molar-refractivity contribution in [3.63, 3.8) is 0 Å². The van der Waals surface area contributed by atoms with Crippen LogP contribution in [0.3, 0.4) is 0 Å². The third kappa shape index (κ3) is 2.91. The van der Waals surface area contributed by atoms with Crippen LogP contribution in [0, 0.1) is 5.92 Å². The molecule has 2 N–H and O–H groups in total. The Hall–Kier alpha value is -0.860. The van der Waals surface area contributed by atoms with Crippen molar-refractivity contribution in [1.29, 1.82) is 0 Å². The van der Waals surface area contributed by atoms with Gasteiger partial charge in [0.05, 0.1) is 12.2 Å². The number of nitrogens with two attached hydrogens (primary N) is 1. The summed E-state index contributed by atoms with van der Waals surface area (Å²) >= 11 is 0. The van der Waals surface area contributed by atoms with E-state index in [9.17, 15) is 0 Å². The first kappa shape index (κ1) is 14.1. The molecule has 2 atom stereocenters. The highest BCUT2D eigenvalue weighted by Crippen LogP contribution is 2.35. The van der Waals surface area contributed by atoms with Gasteiger partial charge in [0.15, 0.2) is 0 Å². The van der Waals surface area contributed by atoms with Crippen LogP contribution in [0.1, 0.15) is 55.7 Å². The first-order valence-corrected chi connectivity index (χ1v) is 8.15. The van der Waals surface area contributed by atoms with Gasteiger partial charge in [0.2, 0.25) is 0 Å². The lowest BCUT2D eigenvalue weighted by Gasteiger charge is -2.39. The van der Waals surface area contributed by atoms with Crippen molar-refractivity contribution in [2.45, 2.75) is 64.1 Å². The smallest absolute Gasteiger partial charge is 0.0811 e.